The predicted octanol–water partition coefficient (Wildman–Crippen LogP) is 11.6. The van der Waals surface area contributed by atoms with Crippen molar-refractivity contribution in [3.63, 3.8) is 0 Å². The molecule has 2 atom stereocenters. The summed E-state index contributed by atoms with van der Waals surface area (Å²) in [5, 5.41) is 10.1. The minimum atomic E-state index is -0.878. The number of carbonyl (C=O) groups is 2. The summed E-state index contributed by atoms with van der Waals surface area (Å²) < 4.78 is 23.5. The number of aliphatic hydroxyl groups excluding tert-OH is 1. The van der Waals surface area contributed by atoms with Gasteiger partial charge in [-0.15, -0.1) is 0 Å². The van der Waals surface area contributed by atoms with Crippen molar-refractivity contribution in [2.24, 2.45) is 5.92 Å². The Bertz CT molecular complexity index is 723. The van der Waals surface area contributed by atoms with Crippen LogP contribution in [0.1, 0.15) is 201 Å². The molecule has 0 heterocycles. The fraction of sp³-hybridized carbons (Fsp3) is 0.905. The van der Waals surface area contributed by atoms with Gasteiger partial charge in [0.1, 0.15) is 12.0 Å². The van der Waals surface area contributed by atoms with Gasteiger partial charge in [-0.2, -0.15) is 0 Å². The molecule has 0 spiro atoms. The van der Waals surface area contributed by atoms with Crippen molar-refractivity contribution >= 4 is 11.9 Å². The van der Waals surface area contributed by atoms with Crippen molar-refractivity contribution in [1.29, 1.82) is 0 Å². The first-order chi connectivity index (χ1) is 24.0. The number of hydrogen-bond donors (Lipinski definition) is 1. The van der Waals surface area contributed by atoms with E-state index < -0.39 is 30.9 Å². The van der Waals surface area contributed by atoms with Crippen LogP contribution in [0.3, 0.4) is 0 Å². The summed E-state index contributed by atoms with van der Waals surface area (Å²) in [4.78, 5) is 25.9. The summed E-state index contributed by atoms with van der Waals surface area (Å²) in [6.45, 7) is 9.75. The van der Waals surface area contributed by atoms with Crippen molar-refractivity contribution in [2.75, 3.05) is 26.4 Å². The molecule has 1 N–H and O–H groups in total. The molecule has 0 rings (SSSR count). The summed E-state index contributed by atoms with van der Waals surface area (Å²) in [7, 11) is 0. The maximum Gasteiger partial charge on any atom is 0.315 e. The largest absolute Gasteiger partial charge is 0.465 e. The Morgan fingerprint density at radius 1 is 0.551 bits per heavy atom. The minimum Gasteiger partial charge on any atom is -0.465 e. The van der Waals surface area contributed by atoms with Crippen LogP contribution in [0.5, 0.6) is 0 Å². The molecule has 0 aliphatic rings. The Morgan fingerprint density at radius 3 is 1.51 bits per heavy atom. The molecule has 7 heteroatoms. The summed E-state index contributed by atoms with van der Waals surface area (Å²) in [6, 6.07) is 0. The standard InChI is InChI=1S/C42H80O7/c1-5-9-12-15-18-19-20-21-22-23-24-25-28-31-39(38(37-43)42(45)48-34-8-4)49-40(44)32-33-41(46-35-29-26-16-13-10-6-2)47-36-30-27-17-14-11-7-3/h21-22,38-39,41,43H,5-20,23-37H2,1-4H3/b22-21-. The Morgan fingerprint density at radius 2 is 1.02 bits per heavy atom. The van der Waals surface area contributed by atoms with Gasteiger partial charge in [-0.3, -0.25) is 9.59 Å². The van der Waals surface area contributed by atoms with Crippen LogP contribution in [0.25, 0.3) is 0 Å². The van der Waals surface area contributed by atoms with Gasteiger partial charge < -0.3 is 24.1 Å². The second-order valence-electron chi connectivity index (χ2n) is 13.9. The Kier molecular flexibility index (Phi) is 36.7. The molecule has 2 unspecified atom stereocenters. The second kappa shape index (κ2) is 37.8. The topological polar surface area (TPSA) is 91.3 Å². The van der Waals surface area contributed by atoms with E-state index in [1.807, 2.05) is 6.92 Å². The smallest absolute Gasteiger partial charge is 0.315 e. The van der Waals surface area contributed by atoms with Crippen LogP contribution in [0, 0.1) is 5.92 Å². The van der Waals surface area contributed by atoms with E-state index in [1.54, 1.807) is 0 Å². The fourth-order valence-electron chi connectivity index (χ4n) is 5.93. The summed E-state index contributed by atoms with van der Waals surface area (Å²) in [5.74, 6) is -1.76. The lowest BCUT2D eigenvalue weighted by Gasteiger charge is -2.25. The quantitative estimate of drug-likeness (QED) is 0.0297. The van der Waals surface area contributed by atoms with Crippen LogP contribution in [-0.4, -0.2) is 55.9 Å². The molecule has 0 aliphatic heterocycles. The molecule has 0 aromatic heterocycles. The maximum atomic E-state index is 13.1. The average molecular weight is 697 g/mol. The first-order valence-corrected chi connectivity index (χ1v) is 20.9. The van der Waals surface area contributed by atoms with E-state index in [4.69, 9.17) is 18.9 Å². The van der Waals surface area contributed by atoms with E-state index in [0.717, 1.165) is 57.8 Å². The molecule has 0 bridgehead atoms. The zero-order valence-electron chi connectivity index (χ0n) is 32.7. The zero-order valence-corrected chi connectivity index (χ0v) is 32.7. The third-order valence-corrected chi connectivity index (χ3v) is 9.12. The minimum absolute atomic E-state index is 0.139. The van der Waals surface area contributed by atoms with Crippen LogP contribution in [0.15, 0.2) is 12.2 Å². The Balaban J connectivity index is 4.90. The average Bonchev–Trinajstić information content (AvgIpc) is 3.10. The number of aliphatic hydroxyl groups is 1. The van der Waals surface area contributed by atoms with Crippen molar-refractivity contribution in [3.8, 4) is 0 Å². The second-order valence-corrected chi connectivity index (χ2v) is 13.9. The number of allylic oxidation sites excluding steroid dienone is 2. The summed E-state index contributed by atoms with van der Waals surface area (Å²) in [6.07, 6.45) is 32.3. The number of rotatable bonds is 38. The first kappa shape index (κ1) is 47.6. The molecule has 0 aromatic rings. The van der Waals surface area contributed by atoms with Gasteiger partial charge >= 0.3 is 11.9 Å². The molecule has 0 radical (unpaired) electrons. The first-order valence-electron chi connectivity index (χ1n) is 20.9. The van der Waals surface area contributed by atoms with Gasteiger partial charge in [0.05, 0.1) is 19.6 Å². The number of carbonyl (C=O) groups excluding carboxylic acids is 2. The van der Waals surface area contributed by atoms with Crippen LogP contribution in [0.4, 0.5) is 0 Å². The summed E-state index contributed by atoms with van der Waals surface area (Å²) in [5.41, 5.74) is 0. The Hall–Kier alpha value is -1.44. The van der Waals surface area contributed by atoms with Gasteiger partial charge in [-0.05, 0) is 57.8 Å². The van der Waals surface area contributed by atoms with Crippen molar-refractivity contribution in [2.45, 2.75) is 213 Å². The molecule has 0 fully saturated rings. The molecule has 0 amide bonds. The number of unbranched alkanes of at least 4 members (excludes halogenated alkanes) is 19. The predicted molar refractivity (Wildman–Crippen MR) is 204 cm³/mol. The molecule has 290 valence electrons. The molecule has 0 saturated carbocycles. The number of ether oxygens (including phenoxy) is 4. The third-order valence-electron chi connectivity index (χ3n) is 9.12. The van der Waals surface area contributed by atoms with E-state index in [2.05, 4.69) is 32.9 Å². The van der Waals surface area contributed by atoms with E-state index in [0.29, 0.717) is 32.5 Å². The SMILES string of the molecule is CCCCCCCC/C=C\CCCCCC(OC(=O)CCC(OCCCCCCCC)OCCCCCCCC)C(CO)C(=O)OCCC. The van der Waals surface area contributed by atoms with Crippen molar-refractivity contribution in [3.05, 3.63) is 12.2 Å². The molecule has 0 aliphatic carbocycles. The van der Waals surface area contributed by atoms with Crippen molar-refractivity contribution in [1.82, 2.24) is 0 Å². The molecular formula is C42H80O7. The Labute approximate surface area is 303 Å². The number of esters is 2. The van der Waals surface area contributed by atoms with Gasteiger partial charge in [-0.25, -0.2) is 0 Å². The molecule has 0 aromatic carbocycles. The van der Waals surface area contributed by atoms with E-state index in [-0.39, 0.29) is 19.0 Å². The lowest BCUT2D eigenvalue weighted by atomic mass is 9.97. The van der Waals surface area contributed by atoms with E-state index in [1.165, 1.54) is 89.9 Å². The van der Waals surface area contributed by atoms with Gasteiger partial charge in [0.2, 0.25) is 0 Å². The third kappa shape index (κ3) is 31.1. The lowest BCUT2D eigenvalue weighted by Crippen LogP contribution is -2.36. The molecule has 49 heavy (non-hydrogen) atoms. The van der Waals surface area contributed by atoms with Gasteiger partial charge in [-0.1, -0.05) is 143 Å². The van der Waals surface area contributed by atoms with Crippen LogP contribution in [0.2, 0.25) is 0 Å². The highest BCUT2D eigenvalue weighted by atomic mass is 16.7. The normalized spacial score (nSPS) is 12.9. The highest BCUT2D eigenvalue weighted by molar-refractivity contribution is 5.75. The van der Waals surface area contributed by atoms with Gasteiger partial charge in [0.15, 0.2) is 6.29 Å². The molecular weight excluding hydrogens is 616 g/mol. The zero-order chi connectivity index (χ0) is 36.0. The van der Waals surface area contributed by atoms with Crippen LogP contribution < -0.4 is 0 Å². The van der Waals surface area contributed by atoms with Gasteiger partial charge in [0.25, 0.3) is 0 Å². The highest BCUT2D eigenvalue weighted by Gasteiger charge is 2.32. The molecule has 0 saturated heterocycles. The monoisotopic (exact) mass is 697 g/mol. The van der Waals surface area contributed by atoms with Crippen molar-refractivity contribution < 1.29 is 33.6 Å². The highest BCUT2D eigenvalue weighted by Crippen LogP contribution is 2.20. The molecule has 7 nitrogen and oxygen atoms in total. The van der Waals surface area contributed by atoms with E-state index in [9.17, 15) is 14.7 Å². The maximum absolute atomic E-state index is 13.1. The van der Waals surface area contributed by atoms with Crippen LogP contribution >= 0.6 is 0 Å². The fourth-order valence-corrected chi connectivity index (χ4v) is 5.93. The van der Waals surface area contributed by atoms with E-state index >= 15 is 0 Å². The number of hydrogen-bond acceptors (Lipinski definition) is 7. The summed E-state index contributed by atoms with van der Waals surface area (Å²) >= 11 is 0. The van der Waals surface area contributed by atoms with Crippen LogP contribution in [-0.2, 0) is 28.5 Å². The van der Waals surface area contributed by atoms with Gasteiger partial charge in [0, 0.05) is 19.6 Å². The lowest BCUT2D eigenvalue weighted by molar-refractivity contribution is -0.170.